The summed E-state index contributed by atoms with van der Waals surface area (Å²) in [6.07, 6.45) is -5.43. The summed E-state index contributed by atoms with van der Waals surface area (Å²) >= 11 is 25.1. The zero-order valence-corrected chi connectivity index (χ0v) is 24.2. The van der Waals surface area contributed by atoms with Crippen LogP contribution >= 0.6 is 46.4 Å². The van der Waals surface area contributed by atoms with E-state index in [1.807, 2.05) is 30.3 Å². The Balaban J connectivity index is 1.38. The number of ether oxygens (including phenoxy) is 5. The Morgan fingerprint density at radius 2 is 1.41 bits per heavy atom. The molecule has 0 spiro atoms. The molecule has 13 heteroatoms. The maximum atomic E-state index is 13.8. The van der Waals surface area contributed by atoms with Gasteiger partial charge in [0.05, 0.1) is 44.9 Å². The summed E-state index contributed by atoms with van der Waals surface area (Å²) in [6.45, 7) is 0.0431. The molecule has 0 bridgehead atoms. The van der Waals surface area contributed by atoms with E-state index >= 15 is 0 Å². The number of nitrogens with zero attached hydrogens (tertiary/aromatic N) is 1. The quantitative estimate of drug-likeness (QED) is 0.220. The van der Waals surface area contributed by atoms with Crippen molar-refractivity contribution in [2.24, 2.45) is 0 Å². The average molecular weight is 641 g/mol. The topological polar surface area (TPSA) is 104 Å². The maximum Gasteiger partial charge on any atom is 0.263 e. The molecule has 0 aliphatic carbocycles. The number of halogens is 4. The molecule has 3 aliphatic heterocycles. The van der Waals surface area contributed by atoms with Gasteiger partial charge in [-0.15, -0.1) is 0 Å². The standard InChI is InChI=1S/C28H21Cl4NO8/c1-37-13-7-9-14(10-8-13)39-28-22(33-25(35)16-17(26(33)36)19(30)21(32)20(31)18(16)29)23(34)24-15(40-28)11-38-27(41-24)12-5-3-2-4-6-12/h2-10,15,22-24,27-28,34H,11H2,1H3/t15-,22-,23-,24-,27-,28-/m1/s1. The van der Waals surface area contributed by atoms with Crippen molar-refractivity contribution in [3.05, 3.63) is 91.4 Å². The van der Waals surface area contributed by atoms with Crippen molar-refractivity contribution in [2.75, 3.05) is 13.7 Å². The van der Waals surface area contributed by atoms with Crippen molar-refractivity contribution in [1.29, 1.82) is 0 Å². The molecule has 1 N–H and O–H groups in total. The van der Waals surface area contributed by atoms with E-state index in [4.69, 9.17) is 70.1 Å². The Morgan fingerprint density at radius 1 is 0.829 bits per heavy atom. The third-order valence-corrected chi connectivity index (χ3v) is 8.95. The molecule has 0 unspecified atom stereocenters. The number of rotatable bonds is 5. The minimum atomic E-state index is -1.47. The van der Waals surface area contributed by atoms with Crippen LogP contribution in [0.25, 0.3) is 0 Å². The summed E-state index contributed by atoms with van der Waals surface area (Å²) in [6, 6.07) is 14.3. The molecule has 0 radical (unpaired) electrons. The molecule has 0 saturated carbocycles. The highest BCUT2D eigenvalue weighted by atomic mass is 35.5. The van der Waals surface area contributed by atoms with Crippen LogP contribution in [0.4, 0.5) is 0 Å². The molecule has 2 fully saturated rings. The highest BCUT2D eigenvalue weighted by molar-refractivity contribution is 6.55. The van der Waals surface area contributed by atoms with Crippen molar-refractivity contribution in [3.8, 4) is 11.5 Å². The van der Waals surface area contributed by atoms with Crippen molar-refractivity contribution in [1.82, 2.24) is 4.90 Å². The number of imide groups is 1. The minimum absolute atomic E-state index is 0.0431. The van der Waals surface area contributed by atoms with E-state index in [-0.39, 0.29) is 37.8 Å². The Labute approximate surface area is 254 Å². The number of aliphatic hydroxyl groups excluding tert-OH is 1. The largest absolute Gasteiger partial charge is 0.497 e. The van der Waals surface area contributed by atoms with Gasteiger partial charge in [0.15, 0.2) is 6.29 Å². The van der Waals surface area contributed by atoms with Gasteiger partial charge in [0.1, 0.15) is 35.9 Å². The molecule has 3 aliphatic rings. The fraction of sp³-hybridized carbons (Fsp3) is 0.286. The molecular weight excluding hydrogens is 620 g/mol. The Kier molecular flexibility index (Phi) is 7.82. The minimum Gasteiger partial charge on any atom is -0.497 e. The molecule has 6 rings (SSSR count). The van der Waals surface area contributed by atoms with Gasteiger partial charge in [0.25, 0.3) is 11.8 Å². The number of carbonyl (C=O) groups is 2. The summed E-state index contributed by atoms with van der Waals surface area (Å²) in [5, 5.41) is 10.9. The van der Waals surface area contributed by atoms with Gasteiger partial charge in [-0.1, -0.05) is 76.7 Å². The third-order valence-electron chi connectivity index (χ3n) is 7.15. The first kappa shape index (κ1) is 28.5. The van der Waals surface area contributed by atoms with E-state index in [1.54, 1.807) is 24.3 Å². The number of aliphatic hydroxyl groups is 1. The lowest BCUT2D eigenvalue weighted by Gasteiger charge is -2.49. The van der Waals surface area contributed by atoms with Gasteiger partial charge in [0.2, 0.25) is 6.29 Å². The Hall–Kier alpha value is -2.60. The lowest BCUT2D eigenvalue weighted by Crippen LogP contribution is -2.68. The number of hydrogen-bond donors (Lipinski definition) is 1. The van der Waals surface area contributed by atoms with E-state index in [9.17, 15) is 14.7 Å². The van der Waals surface area contributed by atoms with Gasteiger partial charge in [0, 0.05) is 5.56 Å². The highest BCUT2D eigenvalue weighted by Gasteiger charge is 2.57. The molecule has 2 amide bonds. The van der Waals surface area contributed by atoms with Gasteiger partial charge in [-0.2, -0.15) is 0 Å². The Bertz CT molecular complexity index is 1460. The van der Waals surface area contributed by atoms with Crippen LogP contribution in [0.5, 0.6) is 11.5 Å². The second kappa shape index (κ2) is 11.2. The number of methoxy groups -OCH3 is 1. The van der Waals surface area contributed by atoms with Gasteiger partial charge in [-0.3, -0.25) is 14.5 Å². The third kappa shape index (κ3) is 4.84. The van der Waals surface area contributed by atoms with Crippen molar-refractivity contribution in [2.45, 2.75) is 36.9 Å². The lowest BCUT2D eigenvalue weighted by atomic mass is 9.94. The van der Waals surface area contributed by atoms with Gasteiger partial charge in [-0.05, 0) is 24.3 Å². The predicted molar refractivity (Wildman–Crippen MR) is 149 cm³/mol. The second-order valence-electron chi connectivity index (χ2n) is 9.48. The fourth-order valence-corrected chi connectivity index (χ4v) is 6.17. The van der Waals surface area contributed by atoms with E-state index in [1.165, 1.54) is 7.11 Å². The van der Waals surface area contributed by atoms with E-state index < -0.39 is 48.7 Å². The van der Waals surface area contributed by atoms with Gasteiger partial charge < -0.3 is 28.8 Å². The summed E-state index contributed by atoms with van der Waals surface area (Å²) in [7, 11) is 1.52. The van der Waals surface area contributed by atoms with Crippen molar-refractivity contribution < 1.29 is 38.4 Å². The van der Waals surface area contributed by atoms with E-state index in [0.29, 0.717) is 11.5 Å². The van der Waals surface area contributed by atoms with Crippen LogP contribution in [0.3, 0.4) is 0 Å². The summed E-state index contributed by atoms with van der Waals surface area (Å²) in [5.41, 5.74) is 0.252. The number of carbonyl (C=O) groups excluding carboxylic acids is 2. The van der Waals surface area contributed by atoms with Gasteiger partial charge >= 0.3 is 0 Å². The highest BCUT2D eigenvalue weighted by Crippen LogP contribution is 2.47. The normalized spacial score (nSPS) is 27.4. The van der Waals surface area contributed by atoms with Gasteiger partial charge in [-0.25, -0.2) is 0 Å². The Morgan fingerprint density at radius 3 is 2.00 bits per heavy atom. The van der Waals surface area contributed by atoms with Crippen LogP contribution in [0.1, 0.15) is 32.6 Å². The SMILES string of the molecule is COc1ccc(O[C@@H]2O[C@@H]3CO[C@@H](c4ccccc4)O[C@H]3[C@H](O)[C@H]2N2C(=O)c3c(Cl)c(Cl)c(Cl)c(Cl)c3C2=O)cc1. The first-order valence-corrected chi connectivity index (χ1v) is 13.9. The van der Waals surface area contributed by atoms with E-state index in [2.05, 4.69) is 0 Å². The summed E-state index contributed by atoms with van der Waals surface area (Å²) < 4.78 is 29.5. The molecule has 0 aromatic heterocycles. The maximum absolute atomic E-state index is 13.8. The fourth-order valence-electron chi connectivity index (χ4n) is 5.15. The second-order valence-corrected chi connectivity index (χ2v) is 11.0. The first-order valence-electron chi connectivity index (χ1n) is 12.4. The number of amides is 2. The summed E-state index contributed by atoms with van der Waals surface area (Å²) in [5.74, 6) is -0.795. The lowest BCUT2D eigenvalue weighted by molar-refractivity contribution is -0.338. The monoisotopic (exact) mass is 639 g/mol. The zero-order valence-electron chi connectivity index (χ0n) is 21.1. The number of fused-ring (bicyclic) bond motifs is 2. The molecule has 214 valence electrons. The molecule has 3 aromatic carbocycles. The van der Waals surface area contributed by atoms with Crippen LogP contribution in [-0.2, 0) is 14.2 Å². The number of benzene rings is 3. The molecule has 2 saturated heterocycles. The first-order chi connectivity index (χ1) is 19.7. The molecule has 6 atom stereocenters. The predicted octanol–water partition coefficient (Wildman–Crippen LogP) is 5.55. The smallest absolute Gasteiger partial charge is 0.263 e. The molecular formula is C28H21Cl4NO8. The molecule has 9 nitrogen and oxygen atoms in total. The van der Waals surface area contributed by atoms with Crippen molar-refractivity contribution in [3.63, 3.8) is 0 Å². The molecule has 3 aromatic rings. The summed E-state index contributed by atoms with van der Waals surface area (Å²) in [4.78, 5) is 28.3. The van der Waals surface area contributed by atoms with Crippen LogP contribution in [-0.4, -0.2) is 66.2 Å². The average Bonchev–Trinajstić information content (AvgIpc) is 3.25. The number of hydrogen-bond acceptors (Lipinski definition) is 8. The molecule has 41 heavy (non-hydrogen) atoms. The van der Waals surface area contributed by atoms with E-state index in [0.717, 1.165) is 10.5 Å². The zero-order chi connectivity index (χ0) is 29.0. The van der Waals surface area contributed by atoms with Crippen LogP contribution in [0.2, 0.25) is 20.1 Å². The van der Waals surface area contributed by atoms with Crippen LogP contribution in [0, 0.1) is 0 Å². The molecule has 3 heterocycles. The van der Waals surface area contributed by atoms with Crippen LogP contribution < -0.4 is 9.47 Å². The van der Waals surface area contributed by atoms with Crippen LogP contribution in [0.15, 0.2) is 54.6 Å². The van der Waals surface area contributed by atoms with Crippen molar-refractivity contribution >= 4 is 58.2 Å².